The van der Waals surface area contributed by atoms with Crippen LogP contribution in [0.4, 0.5) is 4.79 Å². The summed E-state index contributed by atoms with van der Waals surface area (Å²) in [5.74, 6) is -0.310. The predicted molar refractivity (Wildman–Crippen MR) is 61.6 cm³/mol. The van der Waals surface area contributed by atoms with Crippen LogP contribution in [0.5, 0.6) is 0 Å². The minimum absolute atomic E-state index is 0.310. The SMILES string of the molecule is CCOC(=O)N([C@H]1CCOC1=O)[Si](C)(C)C. The second kappa shape index (κ2) is 4.86. The Kier molecular flexibility index (Phi) is 3.96. The minimum atomic E-state index is -1.94. The third-order valence-electron chi connectivity index (χ3n) is 2.41. The number of carbonyl (C=O) groups excluding carboxylic acids is 2. The molecule has 0 N–H and O–H groups in total. The fraction of sp³-hybridized carbons (Fsp3) is 0.800. The molecule has 1 saturated heterocycles. The number of hydrogen-bond acceptors (Lipinski definition) is 4. The number of esters is 1. The molecular formula is C10H19NO4Si. The average molecular weight is 245 g/mol. The molecule has 1 fully saturated rings. The van der Waals surface area contributed by atoms with Crippen molar-refractivity contribution in [2.24, 2.45) is 0 Å². The van der Waals surface area contributed by atoms with Gasteiger partial charge in [-0.2, -0.15) is 0 Å². The van der Waals surface area contributed by atoms with Crippen molar-refractivity contribution < 1.29 is 19.1 Å². The van der Waals surface area contributed by atoms with Crippen LogP contribution in [-0.2, 0) is 14.3 Å². The van der Waals surface area contributed by atoms with Crippen LogP contribution in [0, 0.1) is 0 Å². The Morgan fingerprint density at radius 2 is 2.19 bits per heavy atom. The number of cyclic esters (lactones) is 1. The van der Waals surface area contributed by atoms with Crippen molar-refractivity contribution in [1.82, 2.24) is 4.57 Å². The molecular weight excluding hydrogens is 226 g/mol. The van der Waals surface area contributed by atoms with Crippen LogP contribution in [0.2, 0.25) is 19.6 Å². The lowest BCUT2D eigenvalue weighted by Gasteiger charge is -2.35. The van der Waals surface area contributed by atoms with E-state index in [1.165, 1.54) is 0 Å². The molecule has 1 heterocycles. The number of hydrogen-bond donors (Lipinski definition) is 0. The van der Waals surface area contributed by atoms with Gasteiger partial charge in [-0.05, 0) is 6.92 Å². The zero-order chi connectivity index (χ0) is 12.3. The summed E-state index contributed by atoms with van der Waals surface area (Å²) in [6, 6.07) is -0.453. The van der Waals surface area contributed by atoms with Gasteiger partial charge in [0.05, 0.1) is 13.2 Å². The highest BCUT2D eigenvalue weighted by molar-refractivity contribution is 6.75. The molecule has 0 aromatic rings. The minimum Gasteiger partial charge on any atom is -0.464 e. The van der Waals surface area contributed by atoms with Crippen LogP contribution in [0.25, 0.3) is 0 Å². The number of amides is 1. The number of ether oxygens (including phenoxy) is 2. The molecule has 5 nitrogen and oxygen atoms in total. The second-order valence-corrected chi connectivity index (χ2v) is 9.54. The van der Waals surface area contributed by atoms with E-state index in [-0.39, 0.29) is 5.97 Å². The highest BCUT2D eigenvalue weighted by Crippen LogP contribution is 2.22. The van der Waals surface area contributed by atoms with Crippen molar-refractivity contribution in [2.45, 2.75) is 39.0 Å². The Morgan fingerprint density at radius 1 is 1.56 bits per heavy atom. The first-order valence-corrected chi connectivity index (χ1v) is 8.95. The largest absolute Gasteiger partial charge is 0.464 e. The maximum Gasteiger partial charge on any atom is 0.402 e. The maximum atomic E-state index is 11.9. The molecule has 1 amide bonds. The third-order valence-corrected chi connectivity index (χ3v) is 4.35. The van der Waals surface area contributed by atoms with Crippen molar-refractivity contribution in [1.29, 1.82) is 0 Å². The standard InChI is InChI=1S/C10H19NO4Si/c1-5-14-10(13)11(16(2,3)4)8-6-7-15-9(8)12/h8H,5-7H2,1-4H3/t8-/m0/s1. The quantitative estimate of drug-likeness (QED) is 0.560. The Labute approximate surface area is 96.8 Å². The lowest BCUT2D eigenvalue weighted by atomic mass is 10.2. The smallest absolute Gasteiger partial charge is 0.402 e. The monoisotopic (exact) mass is 245 g/mol. The van der Waals surface area contributed by atoms with Gasteiger partial charge in [0.25, 0.3) is 0 Å². The molecule has 1 rings (SSSR count). The zero-order valence-electron chi connectivity index (χ0n) is 10.3. The molecule has 0 aromatic heterocycles. The van der Waals surface area contributed by atoms with Gasteiger partial charge in [-0.1, -0.05) is 19.6 Å². The van der Waals surface area contributed by atoms with E-state index in [1.54, 1.807) is 11.5 Å². The van der Waals surface area contributed by atoms with Gasteiger partial charge in [-0.15, -0.1) is 0 Å². The third kappa shape index (κ3) is 2.75. The van der Waals surface area contributed by atoms with E-state index in [2.05, 4.69) is 0 Å². The molecule has 92 valence electrons. The molecule has 0 saturated carbocycles. The van der Waals surface area contributed by atoms with Crippen LogP contribution in [0.1, 0.15) is 13.3 Å². The molecule has 0 radical (unpaired) electrons. The van der Waals surface area contributed by atoms with Crippen molar-refractivity contribution in [3.05, 3.63) is 0 Å². The first-order chi connectivity index (χ1) is 7.38. The average Bonchev–Trinajstić information content (AvgIpc) is 2.50. The predicted octanol–water partition coefficient (Wildman–Crippen LogP) is 1.60. The van der Waals surface area contributed by atoms with Crippen molar-refractivity contribution in [3.63, 3.8) is 0 Å². The maximum absolute atomic E-state index is 11.9. The van der Waals surface area contributed by atoms with Crippen molar-refractivity contribution in [3.8, 4) is 0 Å². The van der Waals surface area contributed by atoms with Crippen LogP contribution in [0.3, 0.4) is 0 Å². The Morgan fingerprint density at radius 3 is 2.56 bits per heavy atom. The molecule has 16 heavy (non-hydrogen) atoms. The van der Waals surface area contributed by atoms with E-state index in [1.807, 2.05) is 19.6 Å². The van der Waals surface area contributed by atoms with Crippen molar-refractivity contribution in [2.75, 3.05) is 13.2 Å². The van der Waals surface area contributed by atoms with Gasteiger partial charge >= 0.3 is 12.1 Å². The second-order valence-electron chi connectivity index (χ2n) is 4.71. The summed E-state index contributed by atoms with van der Waals surface area (Å²) in [6.45, 7) is 8.50. The van der Waals surface area contributed by atoms with E-state index in [4.69, 9.17) is 9.47 Å². The molecule has 1 atom stereocenters. The van der Waals surface area contributed by atoms with Crippen LogP contribution < -0.4 is 0 Å². The summed E-state index contributed by atoms with van der Waals surface area (Å²) >= 11 is 0. The Bertz CT molecular complexity index is 287. The van der Waals surface area contributed by atoms with Gasteiger partial charge < -0.3 is 14.0 Å². The molecule has 0 spiro atoms. The summed E-state index contributed by atoms with van der Waals surface area (Å²) in [5, 5.41) is 0. The summed E-state index contributed by atoms with van der Waals surface area (Å²) in [5.41, 5.74) is 0. The van der Waals surface area contributed by atoms with Crippen molar-refractivity contribution >= 4 is 20.3 Å². The number of carbonyl (C=O) groups is 2. The molecule has 0 unspecified atom stereocenters. The molecule has 0 bridgehead atoms. The summed E-state index contributed by atoms with van der Waals surface area (Å²) in [7, 11) is -1.94. The van der Waals surface area contributed by atoms with Gasteiger partial charge in [0.1, 0.15) is 6.04 Å². The molecule has 1 aliphatic heterocycles. The molecule has 1 aliphatic rings. The number of rotatable bonds is 3. The lowest BCUT2D eigenvalue weighted by molar-refractivity contribution is -0.141. The topological polar surface area (TPSA) is 55.8 Å². The first kappa shape index (κ1) is 13.0. The Hall–Kier alpha value is -1.04. The number of nitrogens with zero attached hydrogens (tertiary/aromatic N) is 1. The van der Waals surface area contributed by atoms with E-state index in [0.717, 1.165) is 0 Å². The summed E-state index contributed by atoms with van der Waals surface area (Å²) in [6.07, 6.45) is 0.174. The van der Waals surface area contributed by atoms with Gasteiger partial charge in [0.2, 0.25) is 0 Å². The van der Waals surface area contributed by atoms with E-state index in [0.29, 0.717) is 19.6 Å². The van der Waals surface area contributed by atoms with Gasteiger partial charge in [0, 0.05) is 6.42 Å². The lowest BCUT2D eigenvalue weighted by Crippen LogP contribution is -2.56. The normalized spacial score (nSPS) is 20.5. The summed E-state index contributed by atoms with van der Waals surface area (Å²) in [4.78, 5) is 23.4. The van der Waals surface area contributed by atoms with Gasteiger partial charge in [-0.3, -0.25) is 0 Å². The molecule has 0 aliphatic carbocycles. The molecule has 0 aromatic carbocycles. The zero-order valence-corrected chi connectivity index (χ0v) is 11.3. The van der Waals surface area contributed by atoms with Crippen LogP contribution in [-0.4, -0.2) is 44.1 Å². The van der Waals surface area contributed by atoms with Gasteiger partial charge in [-0.25, -0.2) is 9.59 Å². The van der Waals surface area contributed by atoms with Crippen LogP contribution in [0.15, 0.2) is 0 Å². The Balaban J connectivity index is 2.87. The summed E-state index contributed by atoms with van der Waals surface area (Å²) < 4.78 is 11.5. The molecule has 6 heteroatoms. The van der Waals surface area contributed by atoms with Crippen LogP contribution >= 0.6 is 0 Å². The van der Waals surface area contributed by atoms with E-state index >= 15 is 0 Å². The van der Waals surface area contributed by atoms with E-state index < -0.39 is 20.4 Å². The highest BCUT2D eigenvalue weighted by atomic mass is 28.3. The fourth-order valence-electron chi connectivity index (χ4n) is 1.78. The first-order valence-electron chi connectivity index (χ1n) is 5.50. The highest BCUT2D eigenvalue weighted by Gasteiger charge is 2.42. The van der Waals surface area contributed by atoms with Gasteiger partial charge in [0.15, 0.2) is 8.24 Å². The fourth-order valence-corrected chi connectivity index (χ4v) is 3.56. The van der Waals surface area contributed by atoms with E-state index in [9.17, 15) is 9.59 Å².